The van der Waals surface area contributed by atoms with Crippen LogP contribution in [0.5, 0.6) is 0 Å². The van der Waals surface area contributed by atoms with Gasteiger partial charge in [0, 0.05) is 38.9 Å². The normalized spacial score (nSPS) is 19.6. The predicted octanol–water partition coefficient (Wildman–Crippen LogP) is -0.160. The number of aliphatic hydroxyl groups is 1. The van der Waals surface area contributed by atoms with Crippen molar-refractivity contribution in [1.29, 1.82) is 0 Å². The predicted molar refractivity (Wildman–Crippen MR) is 62.8 cm³/mol. The Labute approximate surface area is 99.3 Å². The lowest BCUT2D eigenvalue weighted by atomic mass is 10.1. The summed E-state index contributed by atoms with van der Waals surface area (Å²) in [7, 11) is 1.62. The zero-order chi connectivity index (χ0) is 12.4. The van der Waals surface area contributed by atoms with Crippen LogP contribution < -0.4 is 5.56 Å². The number of aryl methyl sites for hydroxylation is 1. The van der Waals surface area contributed by atoms with Gasteiger partial charge < -0.3 is 14.6 Å². The maximum atomic E-state index is 12.1. The Bertz CT molecular complexity index is 481. The van der Waals surface area contributed by atoms with Crippen molar-refractivity contribution < 1.29 is 9.90 Å². The first-order valence-corrected chi connectivity index (χ1v) is 5.69. The van der Waals surface area contributed by atoms with Gasteiger partial charge in [0.15, 0.2) is 0 Å². The average molecular weight is 236 g/mol. The second-order valence-corrected chi connectivity index (χ2v) is 4.43. The SMILES string of the molecule is Cn1cccc(C(=O)N2CC[C@H](CO)C2)c1=O. The number of carbonyl (C=O) groups excluding carboxylic acids is 1. The number of aliphatic hydroxyl groups excluding tert-OH is 1. The van der Waals surface area contributed by atoms with Gasteiger partial charge in [0.05, 0.1) is 0 Å². The Balaban J connectivity index is 2.21. The van der Waals surface area contributed by atoms with Crippen LogP contribution in [0.1, 0.15) is 16.8 Å². The van der Waals surface area contributed by atoms with Crippen molar-refractivity contribution in [2.45, 2.75) is 6.42 Å². The maximum absolute atomic E-state index is 12.1. The standard InChI is InChI=1S/C12H16N2O3/c1-13-5-2-3-10(11(13)16)12(17)14-6-4-9(7-14)8-15/h2-3,5,9,15H,4,6-8H2,1H3/t9-/m0/s1. The summed E-state index contributed by atoms with van der Waals surface area (Å²) < 4.78 is 1.40. The first-order chi connectivity index (χ1) is 8.13. The van der Waals surface area contributed by atoms with Crippen molar-refractivity contribution in [2.24, 2.45) is 13.0 Å². The van der Waals surface area contributed by atoms with Gasteiger partial charge in [-0.3, -0.25) is 9.59 Å². The van der Waals surface area contributed by atoms with Crippen LogP contribution in [0, 0.1) is 5.92 Å². The molecule has 1 fully saturated rings. The number of pyridine rings is 1. The number of amides is 1. The molecule has 0 bridgehead atoms. The van der Waals surface area contributed by atoms with E-state index in [2.05, 4.69) is 0 Å². The summed E-state index contributed by atoms with van der Waals surface area (Å²) in [4.78, 5) is 25.5. The molecule has 1 aromatic rings. The van der Waals surface area contributed by atoms with E-state index >= 15 is 0 Å². The molecule has 0 aliphatic carbocycles. The van der Waals surface area contributed by atoms with Crippen LogP contribution in [-0.4, -0.2) is 40.2 Å². The smallest absolute Gasteiger partial charge is 0.263 e. The molecule has 2 rings (SSSR count). The van der Waals surface area contributed by atoms with Crippen molar-refractivity contribution in [1.82, 2.24) is 9.47 Å². The van der Waals surface area contributed by atoms with Gasteiger partial charge in [-0.25, -0.2) is 0 Å². The summed E-state index contributed by atoms with van der Waals surface area (Å²) >= 11 is 0. The quantitative estimate of drug-likeness (QED) is 0.776. The highest BCUT2D eigenvalue weighted by molar-refractivity contribution is 5.94. The molecule has 0 saturated carbocycles. The van der Waals surface area contributed by atoms with E-state index in [-0.39, 0.29) is 29.6 Å². The highest BCUT2D eigenvalue weighted by Crippen LogP contribution is 2.16. The molecule has 0 aromatic carbocycles. The Kier molecular flexibility index (Phi) is 3.28. The molecule has 0 unspecified atom stereocenters. The highest BCUT2D eigenvalue weighted by Gasteiger charge is 2.27. The minimum Gasteiger partial charge on any atom is -0.396 e. The lowest BCUT2D eigenvalue weighted by Gasteiger charge is -2.15. The third-order valence-corrected chi connectivity index (χ3v) is 3.18. The van der Waals surface area contributed by atoms with Crippen LogP contribution in [0.15, 0.2) is 23.1 Å². The van der Waals surface area contributed by atoms with Crippen LogP contribution in [0.25, 0.3) is 0 Å². The van der Waals surface area contributed by atoms with Crippen molar-refractivity contribution in [3.05, 3.63) is 34.2 Å². The van der Waals surface area contributed by atoms with Crippen LogP contribution in [0.2, 0.25) is 0 Å². The number of carbonyl (C=O) groups is 1. The van der Waals surface area contributed by atoms with Gasteiger partial charge in [-0.15, -0.1) is 0 Å². The van der Waals surface area contributed by atoms with E-state index in [1.165, 1.54) is 4.57 Å². The number of aromatic nitrogens is 1. The van der Waals surface area contributed by atoms with Gasteiger partial charge in [-0.2, -0.15) is 0 Å². The van der Waals surface area contributed by atoms with Gasteiger partial charge in [-0.05, 0) is 18.6 Å². The fourth-order valence-corrected chi connectivity index (χ4v) is 2.10. The Morgan fingerprint density at radius 2 is 2.35 bits per heavy atom. The van der Waals surface area contributed by atoms with E-state index in [0.717, 1.165) is 6.42 Å². The van der Waals surface area contributed by atoms with Gasteiger partial charge in [0.25, 0.3) is 11.5 Å². The molecule has 1 amide bonds. The lowest BCUT2D eigenvalue weighted by Crippen LogP contribution is -2.34. The van der Waals surface area contributed by atoms with Gasteiger partial charge in [0.2, 0.25) is 0 Å². The van der Waals surface area contributed by atoms with Crippen LogP contribution in [-0.2, 0) is 7.05 Å². The monoisotopic (exact) mass is 236 g/mol. The van der Waals surface area contributed by atoms with E-state index in [4.69, 9.17) is 5.11 Å². The van der Waals surface area contributed by atoms with Gasteiger partial charge in [-0.1, -0.05) is 0 Å². The largest absolute Gasteiger partial charge is 0.396 e. The molecule has 17 heavy (non-hydrogen) atoms. The van der Waals surface area contributed by atoms with Crippen molar-refractivity contribution >= 4 is 5.91 Å². The summed E-state index contributed by atoms with van der Waals surface area (Å²) in [5, 5.41) is 9.03. The molecule has 5 nitrogen and oxygen atoms in total. The molecule has 0 spiro atoms. The number of hydrogen-bond donors (Lipinski definition) is 1. The Morgan fingerprint density at radius 1 is 1.59 bits per heavy atom. The topological polar surface area (TPSA) is 62.5 Å². The molecule has 1 N–H and O–H groups in total. The van der Waals surface area contributed by atoms with Crippen molar-refractivity contribution in [3.8, 4) is 0 Å². The first kappa shape index (κ1) is 11.9. The van der Waals surface area contributed by atoms with Crippen LogP contribution in [0.4, 0.5) is 0 Å². The average Bonchev–Trinajstić information content (AvgIpc) is 2.80. The van der Waals surface area contributed by atoms with E-state index in [1.807, 2.05) is 0 Å². The van der Waals surface area contributed by atoms with E-state index < -0.39 is 0 Å². The highest BCUT2D eigenvalue weighted by atomic mass is 16.3. The molecule has 1 saturated heterocycles. The summed E-state index contributed by atoms with van der Waals surface area (Å²) in [6.07, 6.45) is 2.43. The summed E-state index contributed by atoms with van der Waals surface area (Å²) in [6, 6.07) is 3.24. The van der Waals surface area contributed by atoms with E-state index in [9.17, 15) is 9.59 Å². The minimum atomic E-state index is -0.273. The number of rotatable bonds is 2. The van der Waals surface area contributed by atoms with Gasteiger partial charge >= 0.3 is 0 Å². The first-order valence-electron chi connectivity index (χ1n) is 5.69. The fourth-order valence-electron chi connectivity index (χ4n) is 2.10. The molecule has 1 atom stereocenters. The number of nitrogens with zero attached hydrogens (tertiary/aromatic N) is 2. The van der Waals surface area contributed by atoms with Crippen molar-refractivity contribution in [3.63, 3.8) is 0 Å². The molecule has 0 radical (unpaired) electrons. The second-order valence-electron chi connectivity index (χ2n) is 4.43. The zero-order valence-corrected chi connectivity index (χ0v) is 9.80. The molecule has 5 heteroatoms. The van der Waals surface area contributed by atoms with E-state index in [1.54, 1.807) is 30.3 Å². The van der Waals surface area contributed by atoms with E-state index in [0.29, 0.717) is 13.1 Å². The molecular weight excluding hydrogens is 220 g/mol. The van der Waals surface area contributed by atoms with Crippen LogP contribution in [0.3, 0.4) is 0 Å². The van der Waals surface area contributed by atoms with Gasteiger partial charge in [0.1, 0.15) is 5.56 Å². The fraction of sp³-hybridized carbons (Fsp3) is 0.500. The number of hydrogen-bond acceptors (Lipinski definition) is 3. The third kappa shape index (κ3) is 2.24. The Morgan fingerprint density at radius 3 is 3.00 bits per heavy atom. The second kappa shape index (κ2) is 4.71. The molecule has 1 aliphatic rings. The lowest BCUT2D eigenvalue weighted by molar-refractivity contribution is 0.0779. The molecule has 1 aromatic heterocycles. The summed E-state index contributed by atoms with van der Waals surface area (Å²) in [6.45, 7) is 1.24. The summed E-state index contributed by atoms with van der Waals surface area (Å²) in [5.74, 6) is -0.0892. The third-order valence-electron chi connectivity index (χ3n) is 3.18. The number of likely N-dealkylation sites (tertiary alicyclic amines) is 1. The summed E-state index contributed by atoms with van der Waals surface area (Å²) in [5.41, 5.74) is -0.0708. The molecule has 2 heterocycles. The zero-order valence-electron chi connectivity index (χ0n) is 9.80. The van der Waals surface area contributed by atoms with Crippen molar-refractivity contribution in [2.75, 3.05) is 19.7 Å². The molecule has 92 valence electrons. The molecular formula is C12H16N2O3. The minimum absolute atomic E-state index is 0.0938. The molecule has 1 aliphatic heterocycles. The Hall–Kier alpha value is -1.62. The maximum Gasteiger partial charge on any atom is 0.263 e. The van der Waals surface area contributed by atoms with Crippen LogP contribution >= 0.6 is 0 Å².